The average Bonchev–Trinajstić information content (AvgIpc) is 1.59. The molecule has 3 aromatic heterocycles. The summed E-state index contributed by atoms with van der Waals surface area (Å²) in [7, 11) is 4.06. The lowest BCUT2D eigenvalue weighted by Crippen LogP contribution is -2.29. The Balaban J connectivity index is 0.000000166. The quantitative estimate of drug-likeness (QED) is 0.0138. The third-order valence-electron chi connectivity index (χ3n) is 18.9. The fourth-order valence-electron chi connectivity index (χ4n) is 13.4. The summed E-state index contributed by atoms with van der Waals surface area (Å²) in [5, 5.41) is 73.2. The van der Waals surface area contributed by atoms with E-state index < -0.39 is 94.4 Å². The number of aryl methyl sites for hydroxylation is 3. The van der Waals surface area contributed by atoms with Crippen LogP contribution in [0.4, 0.5) is 15.4 Å². The van der Waals surface area contributed by atoms with Gasteiger partial charge in [-0.3, -0.25) is 48.3 Å². The van der Waals surface area contributed by atoms with E-state index in [0.29, 0.717) is 108 Å². The summed E-state index contributed by atoms with van der Waals surface area (Å²) in [4.78, 5) is 145. The third kappa shape index (κ3) is 18.0. The van der Waals surface area contributed by atoms with Crippen LogP contribution in [0.15, 0.2) is 121 Å². The molecule has 0 bridgehead atoms. The zero-order valence-electron chi connectivity index (χ0n) is 66.9. The standard InChI is InChI=1S/3C27H23BrN2O9S.C2H4O2/c3*1-4-37-26(35)24-12(2)29-27(40-24)30-20(14-9-15(28)22(32)18(11-14)36-3)19(23(33)25(30)34)21(31)13-5-6-16-17(10-13)39-8-7-38-16;1-2(3)4/h3*5-6,9-11,20,31-32H,4,7-8H2,1-3H3;1H3,(H,3,4). The number of benzene rings is 6. The number of aromatic nitrogens is 3. The Morgan fingerprint density at radius 1 is 0.403 bits per heavy atom. The number of aromatic hydroxyl groups is 3. The number of Topliss-reactive ketones (excluding diaryl/α,β-unsaturated/α-hetero) is 3. The predicted molar refractivity (Wildman–Crippen MR) is 455 cm³/mol. The number of carboxylic acids is 1. The number of nitrogens with zero attached hydrogens (tertiary/aromatic N) is 6. The van der Waals surface area contributed by atoms with Gasteiger partial charge in [0, 0.05) is 23.6 Å². The van der Waals surface area contributed by atoms with E-state index in [-0.39, 0.29) is 131 Å². The van der Waals surface area contributed by atoms with Crippen molar-refractivity contribution in [3.05, 3.63) is 186 Å². The van der Waals surface area contributed by atoms with E-state index in [4.69, 9.17) is 66.7 Å². The van der Waals surface area contributed by atoms with E-state index >= 15 is 0 Å². The van der Waals surface area contributed by atoms with Gasteiger partial charge in [0.05, 0.1) is 106 Å². The molecular formula is C83H73Br3N6O29S3. The first-order valence-corrected chi connectivity index (χ1v) is 42.0. The van der Waals surface area contributed by atoms with Gasteiger partial charge in [0.1, 0.15) is 71.6 Å². The fourth-order valence-corrected chi connectivity index (χ4v) is 17.8. The van der Waals surface area contributed by atoms with Crippen LogP contribution in [-0.2, 0) is 47.8 Å². The van der Waals surface area contributed by atoms with E-state index in [1.165, 1.54) is 75.9 Å². The molecule has 0 spiro atoms. The molecule has 3 fully saturated rings. The number of aliphatic hydroxyl groups is 3. The number of hydrogen-bond donors (Lipinski definition) is 7. The number of amides is 3. The Morgan fingerprint density at radius 3 is 0.863 bits per heavy atom. The number of rotatable bonds is 18. The summed E-state index contributed by atoms with van der Waals surface area (Å²) in [5.41, 5.74) is 1.90. The molecule has 15 rings (SSSR count). The Labute approximate surface area is 741 Å². The first-order valence-electron chi connectivity index (χ1n) is 37.2. The molecule has 3 atom stereocenters. The number of methoxy groups -OCH3 is 3. The maximum absolute atomic E-state index is 13.5. The minimum atomic E-state index is -1.19. The number of ketones is 3. The van der Waals surface area contributed by atoms with Gasteiger partial charge in [-0.2, -0.15) is 0 Å². The SMILES string of the molecule is CC(=O)O.CCOC(=O)c1sc(N2C(=O)C(=O)C(=C(O)c3ccc4c(c3)OCCO4)C2c2cc(Br)c(O)c(OC)c2)nc1C.CCOC(=O)c1sc(N2C(=O)C(=O)C(=C(O)c3ccc4c(c3)OCCO4)C2c2cc(Br)c(O)c(OC)c2)nc1C.CCOC(=O)c1sc(N2C(=O)C(=O)C(=C(O)c3ccc4c(c3)OCCO4)C2c2cc(Br)c(O)c(OC)c2)nc1C. The van der Waals surface area contributed by atoms with Gasteiger partial charge in [0.25, 0.3) is 23.3 Å². The van der Waals surface area contributed by atoms with Crippen LogP contribution in [-0.4, -0.2) is 190 Å². The minimum absolute atomic E-state index is 0.0528. The molecule has 0 saturated carbocycles. The van der Waals surface area contributed by atoms with Gasteiger partial charge in [-0.15, -0.1) is 0 Å². The summed E-state index contributed by atoms with van der Waals surface area (Å²) < 4.78 is 65.4. The number of carbonyl (C=O) groups is 10. The van der Waals surface area contributed by atoms with Crippen molar-refractivity contribution in [2.45, 2.75) is 66.6 Å². The number of halogens is 3. The number of thiazole rings is 3. The van der Waals surface area contributed by atoms with Crippen molar-refractivity contribution in [2.24, 2.45) is 0 Å². The molecule has 9 aromatic rings. The normalized spacial score (nSPS) is 17.3. The molecule has 3 saturated heterocycles. The first kappa shape index (κ1) is 90.4. The Bertz CT molecular complexity index is 5420. The van der Waals surface area contributed by atoms with Gasteiger partial charge in [-0.25, -0.2) is 29.3 Å². The van der Waals surface area contributed by atoms with Crippen LogP contribution in [0.1, 0.15) is 125 Å². The van der Waals surface area contributed by atoms with Gasteiger partial charge in [-0.1, -0.05) is 34.0 Å². The van der Waals surface area contributed by atoms with Crippen molar-refractivity contribution in [1.82, 2.24) is 15.0 Å². The lowest BCUT2D eigenvalue weighted by Gasteiger charge is -2.24. The summed E-state index contributed by atoms with van der Waals surface area (Å²) >= 11 is 12.5. The van der Waals surface area contributed by atoms with E-state index in [1.807, 2.05) is 0 Å². The lowest BCUT2D eigenvalue weighted by atomic mass is 9.95. The number of phenols is 3. The third-order valence-corrected chi connectivity index (χ3v) is 24.1. The lowest BCUT2D eigenvalue weighted by molar-refractivity contribution is -0.134. The second kappa shape index (κ2) is 38.3. The molecule has 6 aliphatic rings. The molecule has 3 unspecified atom stereocenters. The van der Waals surface area contributed by atoms with Crippen molar-refractivity contribution in [3.8, 4) is 69.0 Å². The second-order valence-corrected chi connectivity index (χ2v) is 32.2. The number of anilines is 3. The Hall–Kier alpha value is -12.8. The van der Waals surface area contributed by atoms with Crippen molar-refractivity contribution in [2.75, 3.05) is 95.5 Å². The van der Waals surface area contributed by atoms with E-state index in [9.17, 15) is 73.8 Å². The molecule has 6 aromatic carbocycles. The summed E-state index contributed by atoms with van der Waals surface area (Å²) in [6.45, 7) is 13.4. The number of hydrogen-bond acceptors (Lipinski definition) is 34. The number of aliphatic hydroxyl groups excluding tert-OH is 3. The smallest absolute Gasteiger partial charge is 0.350 e. The van der Waals surface area contributed by atoms with Gasteiger partial charge in [0.2, 0.25) is 0 Å². The van der Waals surface area contributed by atoms with Crippen molar-refractivity contribution >= 4 is 173 Å². The maximum Gasteiger partial charge on any atom is 0.350 e. The number of phenolic OH excluding ortho intramolecular Hbond substituents is 3. The maximum atomic E-state index is 13.5. The van der Waals surface area contributed by atoms with Crippen LogP contribution < -0.4 is 57.3 Å². The number of carbonyl (C=O) groups excluding carboxylic acids is 9. The Morgan fingerprint density at radius 2 is 0.637 bits per heavy atom. The number of ether oxygens (including phenoxy) is 12. The molecule has 0 radical (unpaired) electrons. The van der Waals surface area contributed by atoms with Crippen molar-refractivity contribution in [1.29, 1.82) is 0 Å². The highest BCUT2D eigenvalue weighted by atomic mass is 79.9. The molecule has 648 valence electrons. The fraction of sp³-hybridized carbons (Fsp3) is 0.265. The monoisotopic (exact) mass is 1950 g/mol. The highest BCUT2D eigenvalue weighted by Gasteiger charge is 2.53. The Kier molecular flexibility index (Phi) is 27.9. The van der Waals surface area contributed by atoms with Crippen LogP contribution in [0.2, 0.25) is 0 Å². The topological polar surface area (TPSA) is 471 Å². The summed E-state index contributed by atoms with van der Waals surface area (Å²) in [6, 6.07) is 19.3. The van der Waals surface area contributed by atoms with E-state index in [0.717, 1.165) is 55.6 Å². The van der Waals surface area contributed by atoms with Crippen LogP contribution in [0.3, 0.4) is 0 Å². The summed E-state index contributed by atoms with van der Waals surface area (Å²) in [6.07, 6.45) is 0. The number of fused-ring (bicyclic) bond motifs is 3. The van der Waals surface area contributed by atoms with Crippen LogP contribution in [0, 0.1) is 20.8 Å². The average molecular weight is 1950 g/mol. The zero-order chi connectivity index (χ0) is 89.7. The number of aliphatic carboxylic acids is 1. The molecule has 7 N–H and O–H groups in total. The van der Waals surface area contributed by atoms with Crippen LogP contribution in [0.5, 0.6) is 69.0 Å². The van der Waals surface area contributed by atoms with Crippen LogP contribution in [0.25, 0.3) is 17.3 Å². The molecule has 9 heterocycles. The zero-order valence-corrected chi connectivity index (χ0v) is 74.1. The van der Waals surface area contributed by atoms with Gasteiger partial charge in [0.15, 0.2) is 84.4 Å². The molecule has 35 nitrogen and oxygen atoms in total. The van der Waals surface area contributed by atoms with E-state index in [1.54, 1.807) is 77.9 Å². The minimum Gasteiger partial charge on any atom is -0.507 e. The highest BCUT2D eigenvalue weighted by Crippen LogP contribution is 2.53. The predicted octanol–water partition coefficient (Wildman–Crippen LogP) is 13.6. The van der Waals surface area contributed by atoms with Gasteiger partial charge >= 0.3 is 35.6 Å². The second-order valence-electron chi connectivity index (χ2n) is 26.7. The first-order chi connectivity index (χ1) is 59.2. The summed E-state index contributed by atoms with van der Waals surface area (Å²) in [5.74, 6) is -7.59. The number of esters is 3. The highest BCUT2D eigenvalue weighted by molar-refractivity contribution is 9.11. The van der Waals surface area contributed by atoms with Crippen molar-refractivity contribution in [3.63, 3.8) is 0 Å². The van der Waals surface area contributed by atoms with Crippen LogP contribution >= 0.6 is 81.8 Å². The molecule has 0 aliphatic carbocycles. The van der Waals surface area contributed by atoms with Crippen molar-refractivity contribution < 1.29 is 141 Å². The van der Waals surface area contributed by atoms with Gasteiger partial charge < -0.3 is 92.6 Å². The van der Waals surface area contributed by atoms with Gasteiger partial charge in [-0.05, 0) is 197 Å². The molecule has 6 aliphatic heterocycles. The number of carboxylic acid groups (broad SMARTS) is 1. The molecular weight excluding hydrogens is 1880 g/mol. The van der Waals surface area contributed by atoms with E-state index in [2.05, 4.69) is 62.7 Å². The molecule has 41 heteroatoms. The molecule has 3 amide bonds. The molecule has 124 heavy (non-hydrogen) atoms. The largest absolute Gasteiger partial charge is 0.507 e.